The molecule has 0 aliphatic carbocycles. The van der Waals surface area contributed by atoms with Crippen LogP contribution in [0.4, 0.5) is 10.5 Å². The van der Waals surface area contributed by atoms with Gasteiger partial charge in [-0.15, -0.1) is 0 Å². The zero-order valence-corrected chi connectivity index (χ0v) is 12.6. The summed E-state index contributed by atoms with van der Waals surface area (Å²) in [7, 11) is -1.36. The third-order valence-corrected chi connectivity index (χ3v) is 5.77. The topological polar surface area (TPSA) is 75.7 Å². The molecule has 3 rings (SSSR count). The van der Waals surface area contributed by atoms with Gasteiger partial charge >= 0.3 is 6.03 Å². The number of hydrogen-bond donors (Lipinski definition) is 1. The lowest BCUT2D eigenvalue weighted by atomic mass is 10.1. The van der Waals surface area contributed by atoms with Crippen LogP contribution in [0, 0.1) is 0 Å². The molecular weight excluding hydrogens is 292 g/mol. The molecule has 2 aliphatic heterocycles. The van der Waals surface area contributed by atoms with Crippen LogP contribution in [0.15, 0.2) is 18.2 Å². The summed E-state index contributed by atoms with van der Waals surface area (Å²) in [4.78, 5) is 13.7. The van der Waals surface area contributed by atoms with Crippen molar-refractivity contribution in [3.63, 3.8) is 0 Å². The lowest BCUT2D eigenvalue weighted by Gasteiger charge is -2.23. The van der Waals surface area contributed by atoms with Gasteiger partial charge in [0.15, 0.2) is 9.84 Å². The van der Waals surface area contributed by atoms with Crippen LogP contribution in [0.3, 0.4) is 0 Å². The van der Waals surface area contributed by atoms with Crippen molar-refractivity contribution in [3.05, 3.63) is 23.8 Å². The summed E-state index contributed by atoms with van der Waals surface area (Å²) in [5, 5.41) is 2.81. The Morgan fingerprint density at radius 1 is 1.43 bits per heavy atom. The third kappa shape index (κ3) is 2.97. The highest BCUT2D eigenvalue weighted by molar-refractivity contribution is 7.91. The van der Waals surface area contributed by atoms with Crippen molar-refractivity contribution >= 4 is 21.6 Å². The second-order valence-electron chi connectivity index (χ2n) is 5.52. The molecule has 1 saturated heterocycles. The lowest BCUT2D eigenvalue weighted by Crippen LogP contribution is -2.40. The van der Waals surface area contributed by atoms with Crippen LogP contribution in [-0.4, -0.2) is 50.6 Å². The maximum absolute atomic E-state index is 12.2. The zero-order valence-electron chi connectivity index (χ0n) is 11.8. The molecule has 0 aromatic heterocycles. The number of anilines is 1. The Labute approximate surface area is 124 Å². The quantitative estimate of drug-likeness (QED) is 0.892. The number of urea groups is 1. The zero-order chi connectivity index (χ0) is 15.0. The van der Waals surface area contributed by atoms with E-state index in [-0.39, 0.29) is 23.6 Å². The van der Waals surface area contributed by atoms with Gasteiger partial charge in [0, 0.05) is 25.2 Å². The number of carbonyl (C=O) groups is 1. The summed E-state index contributed by atoms with van der Waals surface area (Å²) in [6.07, 6.45) is 1.35. The van der Waals surface area contributed by atoms with Crippen LogP contribution in [0.25, 0.3) is 0 Å². The van der Waals surface area contributed by atoms with Crippen LogP contribution in [0.2, 0.25) is 0 Å². The minimum Gasteiger partial charge on any atom is -0.493 e. The Balaban J connectivity index is 1.66. The van der Waals surface area contributed by atoms with Crippen molar-refractivity contribution in [2.24, 2.45) is 0 Å². The van der Waals surface area contributed by atoms with Crippen molar-refractivity contribution in [3.8, 4) is 5.75 Å². The standard InChI is InChI=1S/C14H18N2O4S/c1-16(12-5-7-21(18,19)9-12)14(17)15-11-2-3-13-10(8-11)4-6-20-13/h2-3,8,12H,4-7,9H2,1H3,(H,15,17). The van der Waals surface area contributed by atoms with Crippen LogP contribution in [0.5, 0.6) is 5.75 Å². The molecule has 0 bridgehead atoms. The number of benzene rings is 1. The number of hydrogen-bond acceptors (Lipinski definition) is 4. The average molecular weight is 310 g/mol. The van der Waals surface area contributed by atoms with E-state index in [2.05, 4.69) is 5.32 Å². The van der Waals surface area contributed by atoms with Crippen LogP contribution >= 0.6 is 0 Å². The molecule has 21 heavy (non-hydrogen) atoms. The number of rotatable bonds is 2. The number of sulfone groups is 1. The van der Waals surface area contributed by atoms with Crippen LogP contribution < -0.4 is 10.1 Å². The molecule has 0 saturated carbocycles. The summed E-state index contributed by atoms with van der Waals surface area (Å²) in [6.45, 7) is 0.673. The summed E-state index contributed by atoms with van der Waals surface area (Å²) >= 11 is 0. The highest BCUT2D eigenvalue weighted by atomic mass is 32.2. The summed E-state index contributed by atoms with van der Waals surface area (Å²) in [5.41, 5.74) is 1.79. The van der Waals surface area contributed by atoms with E-state index in [0.717, 1.165) is 17.7 Å². The number of nitrogens with one attached hydrogen (secondary N) is 1. The van der Waals surface area contributed by atoms with Crippen molar-refractivity contribution < 1.29 is 17.9 Å². The molecule has 1 aromatic rings. The van der Waals surface area contributed by atoms with Gasteiger partial charge < -0.3 is 15.0 Å². The van der Waals surface area contributed by atoms with Crippen LogP contribution in [0.1, 0.15) is 12.0 Å². The molecule has 2 amide bonds. The summed E-state index contributed by atoms with van der Waals surface area (Å²) in [5.74, 6) is 1.07. The highest BCUT2D eigenvalue weighted by Gasteiger charge is 2.32. The fourth-order valence-corrected chi connectivity index (χ4v) is 4.50. The minimum atomic E-state index is -2.99. The predicted molar refractivity (Wildman–Crippen MR) is 79.5 cm³/mol. The molecule has 114 valence electrons. The Hall–Kier alpha value is -1.76. The Morgan fingerprint density at radius 3 is 2.95 bits per heavy atom. The largest absolute Gasteiger partial charge is 0.493 e. The maximum atomic E-state index is 12.2. The van der Waals surface area contributed by atoms with Crippen molar-refractivity contribution in [2.45, 2.75) is 18.9 Å². The van der Waals surface area contributed by atoms with E-state index in [0.29, 0.717) is 18.7 Å². The maximum Gasteiger partial charge on any atom is 0.321 e. The van der Waals surface area contributed by atoms with E-state index >= 15 is 0 Å². The van der Waals surface area contributed by atoms with Crippen molar-refractivity contribution in [2.75, 3.05) is 30.5 Å². The molecule has 2 heterocycles. The van der Waals surface area contributed by atoms with E-state index in [9.17, 15) is 13.2 Å². The summed E-state index contributed by atoms with van der Waals surface area (Å²) in [6, 6.07) is 5.02. The first-order valence-electron chi connectivity index (χ1n) is 6.94. The average Bonchev–Trinajstić information content (AvgIpc) is 3.03. The molecule has 1 fully saturated rings. The minimum absolute atomic E-state index is 0.0505. The van der Waals surface area contributed by atoms with Crippen molar-refractivity contribution in [1.29, 1.82) is 0 Å². The first-order valence-corrected chi connectivity index (χ1v) is 8.77. The van der Waals surface area contributed by atoms with Gasteiger partial charge in [-0.1, -0.05) is 0 Å². The SMILES string of the molecule is CN(C(=O)Nc1ccc2c(c1)CCO2)C1CCS(=O)(=O)C1. The fraction of sp³-hybridized carbons (Fsp3) is 0.500. The van der Waals surface area contributed by atoms with Gasteiger partial charge in [-0.05, 0) is 30.2 Å². The molecule has 0 radical (unpaired) electrons. The molecule has 1 N–H and O–H groups in total. The normalized spacial score (nSPS) is 22.4. The monoisotopic (exact) mass is 310 g/mol. The second kappa shape index (κ2) is 5.22. The number of carbonyl (C=O) groups excluding carboxylic acids is 1. The Morgan fingerprint density at radius 2 is 2.24 bits per heavy atom. The van der Waals surface area contributed by atoms with Gasteiger partial charge in [0.1, 0.15) is 5.75 Å². The van der Waals surface area contributed by atoms with Gasteiger partial charge in [0.05, 0.1) is 18.1 Å². The predicted octanol–water partition coefficient (Wildman–Crippen LogP) is 1.27. The molecule has 1 atom stereocenters. The second-order valence-corrected chi connectivity index (χ2v) is 7.75. The number of ether oxygens (including phenoxy) is 1. The van der Waals surface area contributed by atoms with Gasteiger partial charge in [-0.3, -0.25) is 0 Å². The third-order valence-electron chi connectivity index (χ3n) is 4.02. The van der Waals surface area contributed by atoms with Crippen LogP contribution in [-0.2, 0) is 16.3 Å². The smallest absolute Gasteiger partial charge is 0.321 e. The van der Waals surface area contributed by atoms with Gasteiger partial charge in [-0.25, -0.2) is 13.2 Å². The Bertz CT molecular complexity index is 672. The van der Waals surface area contributed by atoms with E-state index in [4.69, 9.17) is 4.74 Å². The molecule has 1 aromatic carbocycles. The number of fused-ring (bicyclic) bond motifs is 1. The molecule has 6 nitrogen and oxygen atoms in total. The lowest BCUT2D eigenvalue weighted by molar-refractivity contribution is 0.209. The fourth-order valence-electron chi connectivity index (χ4n) is 2.72. The van der Waals surface area contributed by atoms with Gasteiger partial charge in [-0.2, -0.15) is 0 Å². The van der Waals surface area contributed by atoms with E-state index in [1.165, 1.54) is 4.90 Å². The van der Waals surface area contributed by atoms with E-state index < -0.39 is 9.84 Å². The van der Waals surface area contributed by atoms with Gasteiger partial charge in [0.2, 0.25) is 0 Å². The first kappa shape index (κ1) is 14.2. The number of nitrogens with zero attached hydrogens (tertiary/aromatic N) is 1. The molecule has 0 spiro atoms. The Kier molecular flexibility index (Phi) is 3.52. The molecule has 7 heteroatoms. The first-order chi connectivity index (χ1) is 9.94. The van der Waals surface area contributed by atoms with Gasteiger partial charge in [0.25, 0.3) is 0 Å². The summed E-state index contributed by atoms with van der Waals surface area (Å²) < 4.78 is 28.4. The van der Waals surface area contributed by atoms with Crippen molar-refractivity contribution in [1.82, 2.24) is 4.90 Å². The van der Waals surface area contributed by atoms with E-state index in [1.54, 1.807) is 13.1 Å². The van der Waals surface area contributed by atoms with E-state index in [1.807, 2.05) is 12.1 Å². The number of amides is 2. The highest BCUT2D eigenvalue weighted by Crippen LogP contribution is 2.28. The molecule has 1 unspecified atom stereocenters. The molecular formula is C14H18N2O4S. The molecule has 2 aliphatic rings.